The predicted octanol–water partition coefficient (Wildman–Crippen LogP) is 4.07. The van der Waals surface area contributed by atoms with Gasteiger partial charge in [0, 0.05) is 29.7 Å². The van der Waals surface area contributed by atoms with Crippen molar-refractivity contribution in [1.82, 2.24) is 14.9 Å². The number of nitrogens with zero attached hydrogens (tertiary/aromatic N) is 2. The lowest BCUT2D eigenvalue weighted by molar-refractivity contribution is 0.364. The van der Waals surface area contributed by atoms with Gasteiger partial charge >= 0.3 is 0 Å². The van der Waals surface area contributed by atoms with Crippen molar-refractivity contribution in [2.45, 2.75) is 18.9 Å². The summed E-state index contributed by atoms with van der Waals surface area (Å²) in [5, 5.41) is 15.9. The van der Waals surface area contributed by atoms with Crippen LogP contribution in [-0.2, 0) is 0 Å². The Hall–Kier alpha value is -3.84. The van der Waals surface area contributed by atoms with Gasteiger partial charge in [-0.3, -0.25) is 4.79 Å². The lowest BCUT2D eigenvalue weighted by Crippen LogP contribution is -2.37. The molecule has 0 amide bonds. The van der Waals surface area contributed by atoms with Crippen molar-refractivity contribution in [3.05, 3.63) is 77.2 Å². The van der Waals surface area contributed by atoms with Gasteiger partial charge < -0.3 is 25.5 Å². The second-order valence-corrected chi connectivity index (χ2v) is 7.98. The number of anilines is 1. The maximum atomic E-state index is 12.6. The van der Waals surface area contributed by atoms with Crippen LogP contribution in [0.4, 0.5) is 5.82 Å². The number of phenols is 1. The Bertz CT molecular complexity index is 1340. The van der Waals surface area contributed by atoms with E-state index in [1.54, 1.807) is 29.0 Å². The largest absolute Gasteiger partial charge is 0.507 e. The summed E-state index contributed by atoms with van der Waals surface area (Å²) in [5.41, 5.74) is 6.52. The number of benzene rings is 3. The van der Waals surface area contributed by atoms with Gasteiger partial charge in [0.2, 0.25) is 0 Å². The van der Waals surface area contributed by atoms with Crippen LogP contribution in [0.1, 0.15) is 18.9 Å². The molecule has 4 aromatic rings. The molecule has 0 spiro atoms. The number of nitrogens with one attached hydrogen (secondary N) is 1. The van der Waals surface area contributed by atoms with E-state index in [4.69, 9.17) is 10.5 Å². The number of nitrogen functional groups attached to an aromatic ring is 1. The fraction of sp³-hybridized carbons (Fsp3) is 0.200. The molecule has 0 aliphatic carbocycles. The van der Waals surface area contributed by atoms with Gasteiger partial charge in [0.25, 0.3) is 5.56 Å². The highest BCUT2D eigenvalue weighted by Gasteiger charge is 2.20. The number of aromatic nitrogens is 2. The average Bonchev–Trinajstić information content (AvgIpc) is 2.83. The highest BCUT2D eigenvalue weighted by Crippen LogP contribution is 2.35. The molecular formula is C25H24N4O3. The molecule has 0 saturated carbocycles. The van der Waals surface area contributed by atoms with Crippen molar-refractivity contribution < 1.29 is 9.84 Å². The fourth-order valence-corrected chi connectivity index (χ4v) is 4.20. The van der Waals surface area contributed by atoms with Gasteiger partial charge in [0.15, 0.2) is 5.82 Å². The van der Waals surface area contributed by atoms with E-state index in [1.807, 2.05) is 42.5 Å². The third-order valence-corrected chi connectivity index (χ3v) is 5.84. The molecule has 1 unspecified atom stereocenters. The van der Waals surface area contributed by atoms with Gasteiger partial charge in [-0.2, -0.15) is 0 Å². The molecule has 1 atom stereocenters. The van der Waals surface area contributed by atoms with E-state index in [1.165, 1.54) is 0 Å². The van der Waals surface area contributed by atoms with Gasteiger partial charge in [-0.25, -0.2) is 4.98 Å². The zero-order valence-electron chi connectivity index (χ0n) is 17.5. The van der Waals surface area contributed by atoms with Crippen LogP contribution >= 0.6 is 0 Å². The standard InChI is InChI=1S/C25H24N4O3/c26-24-25(31)29(17-7-4-12-27-14-17)15-21(28-24)20-13-18(10-11-22(20)30)32-23-9-3-6-16-5-1-2-8-19(16)23/h1-3,5-6,8-11,13,15,17,27,30H,4,7,12,14H2,(H2,26,28). The zero-order chi connectivity index (χ0) is 22.1. The van der Waals surface area contributed by atoms with Crippen molar-refractivity contribution in [2.24, 2.45) is 0 Å². The normalized spacial score (nSPS) is 16.2. The van der Waals surface area contributed by atoms with E-state index in [9.17, 15) is 9.90 Å². The molecule has 0 radical (unpaired) electrons. The van der Waals surface area contributed by atoms with Gasteiger partial charge in [-0.05, 0) is 49.0 Å². The molecule has 32 heavy (non-hydrogen) atoms. The number of ether oxygens (including phenoxy) is 1. The van der Waals surface area contributed by atoms with Crippen LogP contribution in [0.3, 0.4) is 0 Å². The minimum absolute atomic E-state index is 0.00226. The molecule has 1 aliphatic heterocycles. The maximum absolute atomic E-state index is 12.6. The third-order valence-electron chi connectivity index (χ3n) is 5.84. The molecule has 7 nitrogen and oxygen atoms in total. The second-order valence-electron chi connectivity index (χ2n) is 7.98. The molecule has 4 N–H and O–H groups in total. The zero-order valence-corrected chi connectivity index (χ0v) is 17.5. The van der Waals surface area contributed by atoms with E-state index in [2.05, 4.69) is 10.3 Å². The summed E-state index contributed by atoms with van der Waals surface area (Å²) in [6.45, 7) is 1.63. The first-order valence-corrected chi connectivity index (χ1v) is 10.7. The van der Waals surface area contributed by atoms with Crippen LogP contribution in [0, 0.1) is 0 Å². The van der Waals surface area contributed by atoms with Crippen LogP contribution in [0.5, 0.6) is 17.2 Å². The summed E-state index contributed by atoms with van der Waals surface area (Å²) in [5.74, 6) is 1.21. The number of piperidine rings is 1. The van der Waals surface area contributed by atoms with Gasteiger partial charge in [0.1, 0.15) is 17.2 Å². The van der Waals surface area contributed by atoms with Crippen molar-refractivity contribution in [3.8, 4) is 28.5 Å². The van der Waals surface area contributed by atoms with Crippen LogP contribution in [0.25, 0.3) is 22.0 Å². The molecule has 1 fully saturated rings. The van der Waals surface area contributed by atoms with Crippen molar-refractivity contribution in [3.63, 3.8) is 0 Å². The van der Waals surface area contributed by atoms with Crippen LogP contribution < -0.4 is 21.3 Å². The molecule has 3 aromatic carbocycles. The summed E-state index contributed by atoms with van der Waals surface area (Å²) in [6.07, 6.45) is 3.54. The fourth-order valence-electron chi connectivity index (χ4n) is 4.20. The van der Waals surface area contributed by atoms with Crippen molar-refractivity contribution >= 4 is 16.6 Å². The molecular weight excluding hydrogens is 404 g/mol. The van der Waals surface area contributed by atoms with E-state index in [-0.39, 0.29) is 23.2 Å². The summed E-state index contributed by atoms with van der Waals surface area (Å²) < 4.78 is 7.79. The summed E-state index contributed by atoms with van der Waals surface area (Å²) in [6, 6.07) is 18.8. The van der Waals surface area contributed by atoms with Gasteiger partial charge in [0.05, 0.1) is 5.69 Å². The molecule has 0 bridgehead atoms. The van der Waals surface area contributed by atoms with Crippen LogP contribution in [0.2, 0.25) is 0 Å². The van der Waals surface area contributed by atoms with Crippen molar-refractivity contribution in [2.75, 3.05) is 18.8 Å². The van der Waals surface area contributed by atoms with E-state index < -0.39 is 0 Å². The quantitative estimate of drug-likeness (QED) is 0.453. The molecule has 1 aliphatic rings. The maximum Gasteiger partial charge on any atom is 0.293 e. The highest BCUT2D eigenvalue weighted by molar-refractivity contribution is 5.88. The summed E-state index contributed by atoms with van der Waals surface area (Å²) in [4.78, 5) is 16.9. The predicted molar refractivity (Wildman–Crippen MR) is 125 cm³/mol. The molecule has 1 aromatic heterocycles. The molecule has 5 rings (SSSR count). The number of hydrogen-bond acceptors (Lipinski definition) is 6. The SMILES string of the molecule is Nc1nc(-c2cc(Oc3cccc4ccccc34)ccc2O)cn(C2CCCNC2)c1=O. The Kier molecular flexibility index (Phi) is 5.25. The molecule has 162 valence electrons. The number of fused-ring (bicyclic) bond motifs is 1. The molecule has 7 heteroatoms. The lowest BCUT2D eigenvalue weighted by atomic mass is 10.1. The first-order chi connectivity index (χ1) is 15.6. The number of aromatic hydroxyl groups is 1. The molecule has 1 saturated heterocycles. The van der Waals surface area contributed by atoms with E-state index in [0.29, 0.717) is 29.3 Å². The lowest BCUT2D eigenvalue weighted by Gasteiger charge is -2.25. The molecule has 2 heterocycles. The number of phenolic OH excluding ortho intramolecular Hbond substituents is 1. The smallest absolute Gasteiger partial charge is 0.293 e. The second kappa shape index (κ2) is 8.36. The monoisotopic (exact) mass is 428 g/mol. The van der Waals surface area contributed by atoms with Crippen LogP contribution in [0.15, 0.2) is 71.7 Å². The highest BCUT2D eigenvalue weighted by atomic mass is 16.5. The van der Waals surface area contributed by atoms with Crippen molar-refractivity contribution in [1.29, 1.82) is 0 Å². The Labute approximate surface area is 185 Å². The van der Waals surface area contributed by atoms with E-state index in [0.717, 1.165) is 30.2 Å². The minimum Gasteiger partial charge on any atom is -0.507 e. The number of hydrogen-bond donors (Lipinski definition) is 3. The topological polar surface area (TPSA) is 102 Å². The Morgan fingerprint density at radius 1 is 1.12 bits per heavy atom. The average molecular weight is 428 g/mol. The number of nitrogens with two attached hydrogens (primary N) is 1. The Morgan fingerprint density at radius 3 is 2.81 bits per heavy atom. The first kappa shape index (κ1) is 20.1. The number of rotatable bonds is 4. The third kappa shape index (κ3) is 3.78. The first-order valence-electron chi connectivity index (χ1n) is 10.7. The van der Waals surface area contributed by atoms with Gasteiger partial charge in [-0.1, -0.05) is 36.4 Å². The minimum atomic E-state index is -0.315. The van der Waals surface area contributed by atoms with Gasteiger partial charge in [-0.15, -0.1) is 0 Å². The Balaban J connectivity index is 1.54. The summed E-state index contributed by atoms with van der Waals surface area (Å²) in [7, 11) is 0. The Morgan fingerprint density at radius 2 is 1.97 bits per heavy atom. The van der Waals surface area contributed by atoms with E-state index >= 15 is 0 Å². The van der Waals surface area contributed by atoms with Crippen LogP contribution in [-0.4, -0.2) is 27.7 Å². The summed E-state index contributed by atoms with van der Waals surface area (Å²) >= 11 is 0.